The maximum absolute atomic E-state index is 11.3. The largest absolute Gasteiger partial charge is 0.405 e. The lowest BCUT2D eigenvalue weighted by molar-refractivity contribution is -0.143. The van der Waals surface area contributed by atoms with Crippen LogP contribution in [0.15, 0.2) is 12.3 Å². The number of carbonyl (C=O) groups is 1. The highest BCUT2D eigenvalue weighted by Crippen LogP contribution is 2.16. The summed E-state index contributed by atoms with van der Waals surface area (Å²) in [5.74, 6) is -0.164. The average Bonchev–Trinajstić information content (AvgIpc) is 2.04. The number of hydrogen-bond donors (Lipinski definition) is 0. The van der Waals surface area contributed by atoms with Gasteiger partial charge in [-0.3, -0.25) is 4.79 Å². The fourth-order valence-electron chi connectivity index (χ4n) is 0.533. The van der Waals surface area contributed by atoms with Gasteiger partial charge in [0, 0.05) is 6.07 Å². The number of rotatable bonds is 1. The summed E-state index contributed by atoms with van der Waals surface area (Å²) >= 11 is 0. The van der Waals surface area contributed by atoms with Crippen molar-refractivity contribution in [1.82, 2.24) is 15.4 Å². The van der Waals surface area contributed by atoms with Gasteiger partial charge in [-0.2, -0.15) is 0 Å². The van der Waals surface area contributed by atoms with Gasteiger partial charge in [0.05, 0.1) is 11.6 Å². The molecule has 5 nitrogen and oxygen atoms in total. The van der Waals surface area contributed by atoms with E-state index in [4.69, 9.17) is 4.74 Å². The zero-order chi connectivity index (χ0) is 9.90. The molecule has 0 saturated heterocycles. The van der Waals surface area contributed by atoms with Crippen LogP contribution in [0.5, 0.6) is 5.88 Å². The predicted molar refractivity (Wildman–Crippen MR) is 44.9 cm³/mol. The standard InChI is InChI=1S/C8H11N3O2/c1-8(2,3)7(12)13-6-4-5-9-11-10-6/h4-5H,1-3H3. The van der Waals surface area contributed by atoms with E-state index in [1.165, 1.54) is 12.3 Å². The van der Waals surface area contributed by atoms with Crippen molar-refractivity contribution in [3.63, 3.8) is 0 Å². The van der Waals surface area contributed by atoms with Crippen LogP contribution >= 0.6 is 0 Å². The molecule has 0 aliphatic carbocycles. The molecule has 0 atom stereocenters. The third-order valence-electron chi connectivity index (χ3n) is 1.29. The molecule has 0 aromatic carbocycles. The number of nitrogens with zero attached hydrogens (tertiary/aromatic N) is 3. The first-order chi connectivity index (χ1) is 6.00. The summed E-state index contributed by atoms with van der Waals surface area (Å²) < 4.78 is 4.93. The Morgan fingerprint density at radius 1 is 1.46 bits per heavy atom. The van der Waals surface area contributed by atoms with Crippen molar-refractivity contribution in [2.24, 2.45) is 5.41 Å². The molecule has 0 saturated carbocycles. The Labute approximate surface area is 76.1 Å². The summed E-state index contributed by atoms with van der Waals surface area (Å²) in [5.41, 5.74) is -0.537. The lowest BCUT2D eigenvalue weighted by Gasteiger charge is -2.14. The Balaban J connectivity index is 2.66. The van der Waals surface area contributed by atoms with Crippen LogP contribution in [0.3, 0.4) is 0 Å². The third-order valence-corrected chi connectivity index (χ3v) is 1.29. The lowest BCUT2D eigenvalue weighted by Crippen LogP contribution is -2.26. The van der Waals surface area contributed by atoms with Gasteiger partial charge < -0.3 is 4.74 Å². The normalized spacial score (nSPS) is 11.0. The van der Waals surface area contributed by atoms with Gasteiger partial charge in [0.25, 0.3) is 0 Å². The number of aromatic nitrogens is 3. The summed E-state index contributed by atoms with van der Waals surface area (Å²) in [6.07, 6.45) is 1.41. The van der Waals surface area contributed by atoms with Crippen molar-refractivity contribution in [2.45, 2.75) is 20.8 Å². The van der Waals surface area contributed by atoms with Gasteiger partial charge in [-0.15, -0.1) is 5.10 Å². The van der Waals surface area contributed by atoms with Crippen LogP contribution in [-0.2, 0) is 4.79 Å². The Morgan fingerprint density at radius 3 is 2.62 bits per heavy atom. The Morgan fingerprint density at radius 2 is 2.15 bits per heavy atom. The molecule has 0 unspecified atom stereocenters. The molecule has 5 heteroatoms. The third kappa shape index (κ3) is 2.77. The molecule has 1 aromatic heterocycles. The second-order valence-electron chi connectivity index (χ2n) is 3.60. The summed E-state index contributed by atoms with van der Waals surface area (Å²) in [7, 11) is 0. The van der Waals surface area contributed by atoms with Crippen molar-refractivity contribution in [1.29, 1.82) is 0 Å². The maximum atomic E-state index is 11.3. The summed E-state index contributed by atoms with van der Waals surface area (Å²) in [5, 5.41) is 10.3. The van der Waals surface area contributed by atoms with Crippen molar-refractivity contribution >= 4 is 5.97 Å². The number of esters is 1. The van der Waals surface area contributed by atoms with Crippen molar-refractivity contribution in [3.8, 4) is 5.88 Å². The second kappa shape index (κ2) is 3.47. The van der Waals surface area contributed by atoms with Gasteiger partial charge in [0.15, 0.2) is 0 Å². The topological polar surface area (TPSA) is 65.0 Å². The molecule has 0 N–H and O–H groups in total. The van der Waals surface area contributed by atoms with Crippen LogP contribution < -0.4 is 4.74 Å². The highest BCUT2D eigenvalue weighted by atomic mass is 16.5. The summed E-state index contributed by atoms with van der Waals surface area (Å²) in [6, 6.07) is 1.48. The second-order valence-corrected chi connectivity index (χ2v) is 3.60. The first kappa shape index (κ1) is 9.57. The number of carbonyl (C=O) groups excluding carboxylic acids is 1. The fourth-order valence-corrected chi connectivity index (χ4v) is 0.533. The molecular formula is C8H11N3O2. The molecule has 0 amide bonds. The number of ether oxygens (including phenoxy) is 1. The van der Waals surface area contributed by atoms with E-state index in [1.54, 1.807) is 20.8 Å². The van der Waals surface area contributed by atoms with Crippen LogP contribution in [0.2, 0.25) is 0 Å². The average molecular weight is 181 g/mol. The van der Waals surface area contributed by atoms with Crippen molar-refractivity contribution in [2.75, 3.05) is 0 Å². The van der Waals surface area contributed by atoms with Crippen LogP contribution in [-0.4, -0.2) is 21.4 Å². The molecule has 70 valence electrons. The van der Waals surface area contributed by atoms with E-state index in [9.17, 15) is 4.79 Å². The fraction of sp³-hybridized carbons (Fsp3) is 0.500. The van der Waals surface area contributed by atoms with Crippen LogP contribution in [0.25, 0.3) is 0 Å². The molecule has 0 fully saturated rings. The predicted octanol–water partition coefficient (Wildman–Crippen LogP) is 0.823. The van der Waals surface area contributed by atoms with Gasteiger partial charge in [0.1, 0.15) is 0 Å². The van der Waals surface area contributed by atoms with E-state index < -0.39 is 5.41 Å². The monoisotopic (exact) mass is 181 g/mol. The SMILES string of the molecule is CC(C)(C)C(=O)Oc1ccnnn1. The van der Waals surface area contributed by atoms with Crippen molar-refractivity contribution in [3.05, 3.63) is 12.3 Å². The minimum atomic E-state index is -0.537. The molecule has 0 radical (unpaired) electrons. The Hall–Kier alpha value is -1.52. The first-order valence-corrected chi connectivity index (χ1v) is 3.87. The minimum Gasteiger partial charge on any atom is -0.405 e. The molecule has 0 spiro atoms. The zero-order valence-electron chi connectivity index (χ0n) is 7.81. The van der Waals surface area contributed by atoms with E-state index >= 15 is 0 Å². The van der Waals surface area contributed by atoms with E-state index in [-0.39, 0.29) is 11.8 Å². The highest BCUT2D eigenvalue weighted by molar-refractivity contribution is 5.77. The molecule has 1 rings (SSSR count). The molecule has 13 heavy (non-hydrogen) atoms. The molecule has 0 bridgehead atoms. The minimum absolute atomic E-state index is 0.176. The molecule has 0 aliphatic heterocycles. The molecule has 1 aromatic rings. The van der Waals surface area contributed by atoms with Gasteiger partial charge >= 0.3 is 5.97 Å². The van der Waals surface area contributed by atoms with Gasteiger partial charge in [-0.25, -0.2) is 0 Å². The smallest absolute Gasteiger partial charge is 0.318 e. The van der Waals surface area contributed by atoms with Gasteiger partial charge in [0.2, 0.25) is 5.88 Å². The highest BCUT2D eigenvalue weighted by Gasteiger charge is 2.24. The van der Waals surface area contributed by atoms with E-state index in [2.05, 4.69) is 15.4 Å². The molecule has 1 heterocycles. The Bertz CT molecular complexity index is 292. The number of hydrogen-bond acceptors (Lipinski definition) is 5. The van der Waals surface area contributed by atoms with E-state index in [1.807, 2.05) is 0 Å². The van der Waals surface area contributed by atoms with Crippen LogP contribution in [0, 0.1) is 5.41 Å². The first-order valence-electron chi connectivity index (χ1n) is 3.87. The molecular weight excluding hydrogens is 170 g/mol. The van der Waals surface area contributed by atoms with Crippen LogP contribution in [0.4, 0.5) is 0 Å². The van der Waals surface area contributed by atoms with E-state index in [0.717, 1.165) is 0 Å². The lowest BCUT2D eigenvalue weighted by atomic mass is 9.97. The zero-order valence-corrected chi connectivity index (χ0v) is 7.81. The quantitative estimate of drug-likeness (QED) is 0.600. The molecule has 0 aliphatic rings. The van der Waals surface area contributed by atoms with E-state index in [0.29, 0.717) is 0 Å². The summed E-state index contributed by atoms with van der Waals surface area (Å²) in [6.45, 7) is 5.30. The Kier molecular flexibility index (Phi) is 2.55. The maximum Gasteiger partial charge on any atom is 0.318 e. The van der Waals surface area contributed by atoms with Gasteiger partial charge in [-0.1, -0.05) is 5.10 Å². The van der Waals surface area contributed by atoms with Crippen molar-refractivity contribution < 1.29 is 9.53 Å². The van der Waals surface area contributed by atoms with Gasteiger partial charge in [-0.05, 0) is 26.0 Å². The van der Waals surface area contributed by atoms with Crippen LogP contribution in [0.1, 0.15) is 20.8 Å². The summed E-state index contributed by atoms with van der Waals surface area (Å²) in [4.78, 5) is 11.3.